The van der Waals surface area contributed by atoms with Gasteiger partial charge in [-0.25, -0.2) is 0 Å². The third-order valence-corrected chi connectivity index (χ3v) is 4.66. The van der Waals surface area contributed by atoms with Crippen molar-refractivity contribution in [3.8, 4) is 0 Å². The Balaban J connectivity index is 1.78. The maximum absolute atomic E-state index is 6.16. The highest BCUT2D eigenvalue weighted by Crippen LogP contribution is 2.15. The van der Waals surface area contributed by atoms with Crippen LogP contribution in [0.1, 0.15) is 26.7 Å². The second-order valence-electron chi connectivity index (χ2n) is 6.58. The van der Waals surface area contributed by atoms with Crippen molar-refractivity contribution in [2.75, 3.05) is 52.9 Å². The van der Waals surface area contributed by atoms with Gasteiger partial charge < -0.3 is 15.5 Å². The van der Waals surface area contributed by atoms with Gasteiger partial charge in [0.1, 0.15) is 0 Å². The summed E-state index contributed by atoms with van der Waals surface area (Å²) in [5.41, 5.74) is 6.16. The van der Waals surface area contributed by atoms with E-state index in [0.29, 0.717) is 6.04 Å². The molecule has 0 aromatic carbocycles. The van der Waals surface area contributed by atoms with Crippen molar-refractivity contribution in [1.82, 2.24) is 14.7 Å². The molecule has 2 atom stereocenters. The zero-order valence-corrected chi connectivity index (χ0v) is 13.4. The molecule has 2 aliphatic heterocycles. The van der Waals surface area contributed by atoms with Crippen molar-refractivity contribution in [3.05, 3.63) is 0 Å². The predicted octanol–water partition coefficient (Wildman–Crippen LogP) is 0.669. The van der Waals surface area contributed by atoms with Gasteiger partial charge in [0.25, 0.3) is 0 Å². The van der Waals surface area contributed by atoms with Crippen molar-refractivity contribution in [2.24, 2.45) is 16.6 Å². The number of likely N-dealkylation sites (tertiary alicyclic amines) is 1. The third-order valence-electron chi connectivity index (χ3n) is 4.66. The molecular weight excluding hydrogens is 250 g/mol. The maximum Gasteiger partial charge on any atom is 0.191 e. The molecule has 5 nitrogen and oxygen atoms in total. The number of piperidine rings is 1. The van der Waals surface area contributed by atoms with Gasteiger partial charge in [0.2, 0.25) is 0 Å². The van der Waals surface area contributed by atoms with Crippen LogP contribution in [0.15, 0.2) is 4.99 Å². The average molecular weight is 281 g/mol. The molecule has 2 unspecified atom stereocenters. The fourth-order valence-corrected chi connectivity index (χ4v) is 3.10. The van der Waals surface area contributed by atoms with Gasteiger partial charge in [-0.2, -0.15) is 0 Å². The molecule has 0 amide bonds. The first-order chi connectivity index (χ1) is 9.56. The molecular formula is C15H31N5. The van der Waals surface area contributed by atoms with E-state index in [2.05, 4.69) is 40.6 Å². The Kier molecular flexibility index (Phi) is 5.66. The van der Waals surface area contributed by atoms with E-state index >= 15 is 0 Å². The lowest BCUT2D eigenvalue weighted by molar-refractivity contribution is 0.122. The zero-order valence-electron chi connectivity index (χ0n) is 13.4. The Bertz CT molecular complexity index is 322. The Morgan fingerprint density at radius 2 is 1.95 bits per heavy atom. The molecule has 116 valence electrons. The Morgan fingerprint density at radius 3 is 2.60 bits per heavy atom. The number of rotatable bonds is 3. The molecule has 0 aromatic heterocycles. The number of likely N-dealkylation sites (N-methyl/N-ethyl adjacent to an activating group) is 1. The minimum atomic E-state index is 0.490. The topological polar surface area (TPSA) is 48.1 Å². The lowest BCUT2D eigenvalue weighted by Crippen LogP contribution is -2.49. The highest BCUT2D eigenvalue weighted by atomic mass is 15.3. The summed E-state index contributed by atoms with van der Waals surface area (Å²) in [7, 11) is 2.19. The van der Waals surface area contributed by atoms with Gasteiger partial charge in [-0.1, -0.05) is 6.92 Å². The molecule has 2 heterocycles. The number of nitrogens with two attached hydrogens (primary N) is 1. The van der Waals surface area contributed by atoms with Crippen LogP contribution >= 0.6 is 0 Å². The van der Waals surface area contributed by atoms with E-state index in [1.54, 1.807) is 0 Å². The quantitative estimate of drug-likeness (QED) is 0.610. The molecule has 5 heteroatoms. The van der Waals surface area contributed by atoms with Crippen molar-refractivity contribution < 1.29 is 0 Å². The molecule has 20 heavy (non-hydrogen) atoms. The van der Waals surface area contributed by atoms with Gasteiger partial charge in [-0.05, 0) is 32.7 Å². The number of hydrogen-bond donors (Lipinski definition) is 1. The van der Waals surface area contributed by atoms with E-state index in [4.69, 9.17) is 5.73 Å². The first-order valence-corrected chi connectivity index (χ1v) is 8.03. The maximum atomic E-state index is 6.16. The van der Waals surface area contributed by atoms with Gasteiger partial charge in [-0.3, -0.25) is 9.89 Å². The Labute approximate surface area is 123 Å². The highest BCUT2D eigenvalue weighted by Gasteiger charge is 2.20. The lowest BCUT2D eigenvalue weighted by Gasteiger charge is -2.36. The summed E-state index contributed by atoms with van der Waals surface area (Å²) in [5, 5.41) is 0. The average Bonchev–Trinajstić information content (AvgIpc) is 2.45. The molecule has 2 aliphatic rings. The van der Waals surface area contributed by atoms with Gasteiger partial charge in [0.15, 0.2) is 5.96 Å². The van der Waals surface area contributed by atoms with E-state index in [1.165, 1.54) is 12.8 Å². The summed E-state index contributed by atoms with van der Waals surface area (Å²) >= 11 is 0. The summed E-state index contributed by atoms with van der Waals surface area (Å²) in [5.74, 6) is 1.49. The van der Waals surface area contributed by atoms with Crippen LogP contribution in [0, 0.1) is 5.92 Å². The molecule has 2 N–H and O–H groups in total. The van der Waals surface area contributed by atoms with E-state index in [9.17, 15) is 0 Å². The minimum absolute atomic E-state index is 0.490. The van der Waals surface area contributed by atoms with Crippen molar-refractivity contribution in [2.45, 2.75) is 32.7 Å². The largest absolute Gasteiger partial charge is 0.370 e. The molecule has 0 radical (unpaired) electrons. The van der Waals surface area contributed by atoms with Crippen LogP contribution in [0.5, 0.6) is 0 Å². The Hall–Kier alpha value is -0.810. The monoisotopic (exact) mass is 281 g/mol. The van der Waals surface area contributed by atoms with Crippen LogP contribution < -0.4 is 5.73 Å². The van der Waals surface area contributed by atoms with E-state index in [-0.39, 0.29) is 0 Å². The number of piperazine rings is 1. The summed E-state index contributed by atoms with van der Waals surface area (Å²) < 4.78 is 0. The zero-order chi connectivity index (χ0) is 14.5. The number of hydrogen-bond acceptors (Lipinski definition) is 3. The van der Waals surface area contributed by atoms with Crippen LogP contribution in [0.25, 0.3) is 0 Å². The van der Waals surface area contributed by atoms with E-state index in [0.717, 1.165) is 57.7 Å². The van der Waals surface area contributed by atoms with Crippen molar-refractivity contribution in [1.29, 1.82) is 0 Å². The summed E-state index contributed by atoms with van der Waals surface area (Å²) in [6.45, 7) is 12.1. The molecule has 0 aromatic rings. The molecule has 2 rings (SSSR count). The van der Waals surface area contributed by atoms with Crippen LogP contribution in [0.4, 0.5) is 0 Å². The molecule has 2 saturated heterocycles. The number of nitrogens with zero attached hydrogens (tertiary/aromatic N) is 4. The fourth-order valence-electron chi connectivity index (χ4n) is 3.10. The van der Waals surface area contributed by atoms with E-state index < -0.39 is 0 Å². The summed E-state index contributed by atoms with van der Waals surface area (Å²) in [4.78, 5) is 11.8. The van der Waals surface area contributed by atoms with Crippen LogP contribution in [0.2, 0.25) is 0 Å². The molecule has 0 saturated carbocycles. The highest BCUT2D eigenvalue weighted by molar-refractivity contribution is 5.78. The fraction of sp³-hybridized carbons (Fsp3) is 0.933. The van der Waals surface area contributed by atoms with Crippen LogP contribution in [-0.2, 0) is 0 Å². The minimum Gasteiger partial charge on any atom is -0.370 e. The van der Waals surface area contributed by atoms with Crippen LogP contribution in [0.3, 0.4) is 0 Å². The predicted molar refractivity (Wildman–Crippen MR) is 85.0 cm³/mol. The smallest absolute Gasteiger partial charge is 0.191 e. The van der Waals surface area contributed by atoms with Crippen molar-refractivity contribution >= 4 is 5.96 Å². The van der Waals surface area contributed by atoms with Gasteiger partial charge in [0.05, 0.1) is 6.54 Å². The molecule has 0 bridgehead atoms. The first kappa shape index (κ1) is 15.6. The van der Waals surface area contributed by atoms with Crippen molar-refractivity contribution in [3.63, 3.8) is 0 Å². The molecule has 0 spiro atoms. The molecule has 2 fully saturated rings. The van der Waals surface area contributed by atoms with Gasteiger partial charge in [-0.15, -0.1) is 0 Å². The standard InChI is InChI=1S/C15H31N5/c1-13-5-4-6-20(12-13)15(16)17-11-14(2)19-9-7-18(3)8-10-19/h13-14H,4-12H2,1-3H3,(H2,16,17). The van der Waals surface area contributed by atoms with E-state index in [1.807, 2.05) is 0 Å². The Morgan fingerprint density at radius 1 is 1.25 bits per heavy atom. The van der Waals surface area contributed by atoms with Gasteiger partial charge >= 0.3 is 0 Å². The number of aliphatic imine (C=N–C) groups is 1. The first-order valence-electron chi connectivity index (χ1n) is 8.03. The number of guanidine groups is 1. The van der Waals surface area contributed by atoms with Crippen LogP contribution in [-0.4, -0.2) is 79.6 Å². The second kappa shape index (κ2) is 7.27. The summed E-state index contributed by atoms with van der Waals surface area (Å²) in [6, 6.07) is 0.490. The lowest BCUT2D eigenvalue weighted by atomic mass is 10.0. The third kappa shape index (κ3) is 4.35. The SMILES string of the molecule is CC1CCCN(C(N)=NCC(C)N2CCN(C)CC2)C1. The molecule has 0 aliphatic carbocycles. The summed E-state index contributed by atoms with van der Waals surface area (Å²) in [6.07, 6.45) is 2.56. The second-order valence-corrected chi connectivity index (χ2v) is 6.58. The van der Waals surface area contributed by atoms with Gasteiger partial charge in [0, 0.05) is 45.3 Å². The normalized spacial score (nSPS) is 28.6.